The maximum absolute atomic E-state index is 10.9. The maximum atomic E-state index is 10.9. The number of aliphatic hydroxyl groups excluding tert-OH is 1. The zero-order valence-corrected chi connectivity index (χ0v) is 19.7. The molecule has 0 aliphatic carbocycles. The first-order valence-electron chi connectivity index (χ1n) is 11.8. The zero-order chi connectivity index (χ0) is 22.3. The number of rotatable bonds is 13. The van der Waals surface area contributed by atoms with Crippen LogP contribution in [0.3, 0.4) is 0 Å². The monoisotopic (exact) mass is 452 g/mol. The molecule has 32 heavy (non-hydrogen) atoms. The van der Waals surface area contributed by atoms with Crippen LogP contribution in [0.4, 0.5) is 0 Å². The lowest BCUT2D eigenvalue weighted by atomic mass is 10.1. The Morgan fingerprint density at radius 2 is 1.78 bits per heavy atom. The summed E-state index contributed by atoms with van der Waals surface area (Å²) in [5.74, 6) is 0.886. The summed E-state index contributed by atoms with van der Waals surface area (Å²) >= 11 is 1.79. The molecule has 172 valence electrons. The third kappa shape index (κ3) is 9.74. The van der Waals surface area contributed by atoms with Gasteiger partial charge in [0.2, 0.25) is 0 Å². The fourth-order valence-electron chi connectivity index (χ4n) is 3.64. The van der Waals surface area contributed by atoms with Crippen LogP contribution in [0.15, 0.2) is 78.9 Å². The van der Waals surface area contributed by atoms with Gasteiger partial charge in [0.25, 0.3) is 0 Å². The highest BCUT2D eigenvalue weighted by molar-refractivity contribution is 7.99. The molecule has 1 saturated heterocycles. The van der Waals surface area contributed by atoms with Gasteiger partial charge in [-0.3, -0.25) is 0 Å². The molecule has 2 aromatic carbocycles. The summed E-state index contributed by atoms with van der Waals surface area (Å²) in [6.07, 6.45) is 13.9. The highest BCUT2D eigenvalue weighted by atomic mass is 32.2. The molecule has 2 aromatic rings. The van der Waals surface area contributed by atoms with Crippen molar-refractivity contribution in [3.8, 4) is 0 Å². The van der Waals surface area contributed by atoms with Gasteiger partial charge in [-0.25, -0.2) is 0 Å². The van der Waals surface area contributed by atoms with E-state index in [-0.39, 0.29) is 17.6 Å². The Bertz CT molecular complexity index is 785. The summed E-state index contributed by atoms with van der Waals surface area (Å²) in [4.78, 5) is 0. The number of thioether (sulfide) groups is 1. The molecule has 1 fully saturated rings. The lowest BCUT2D eigenvalue weighted by molar-refractivity contribution is -0.162. The number of ether oxygens (including phenoxy) is 2. The van der Waals surface area contributed by atoms with Crippen molar-refractivity contribution in [3.63, 3.8) is 0 Å². The van der Waals surface area contributed by atoms with E-state index in [1.54, 1.807) is 11.8 Å². The molecule has 1 heterocycles. The van der Waals surface area contributed by atoms with Crippen LogP contribution in [0, 0.1) is 0 Å². The van der Waals surface area contributed by atoms with Crippen molar-refractivity contribution in [2.75, 3.05) is 13.2 Å². The molecule has 0 amide bonds. The first-order chi connectivity index (χ1) is 15.8. The predicted octanol–water partition coefficient (Wildman–Crippen LogP) is 6.63. The maximum Gasteiger partial charge on any atom is 0.157 e. The van der Waals surface area contributed by atoms with Gasteiger partial charge < -0.3 is 14.6 Å². The molecule has 0 bridgehead atoms. The van der Waals surface area contributed by atoms with Gasteiger partial charge in [0.1, 0.15) is 0 Å². The van der Waals surface area contributed by atoms with E-state index < -0.39 is 0 Å². The van der Waals surface area contributed by atoms with Gasteiger partial charge in [-0.05, 0) is 49.7 Å². The van der Waals surface area contributed by atoms with E-state index in [9.17, 15) is 5.11 Å². The van der Waals surface area contributed by atoms with E-state index in [0.717, 1.165) is 44.5 Å². The van der Waals surface area contributed by atoms with Crippen LogP contribution in [0.1, 0.15) is 49.7 Å². The van der Waals surface area contributed by atoms with Crippen LogP contribution in [-0.2, 0) is 15.2 Å². The zero-order valence-electron chi connectivity index (χ0n) is 18.9. The van der Waals surface area contributed by atoms with Crippen LogP contribution in [0.25, 0.3) is 6.08 Å². The van der Waals surface area contributed by atoms with Crippen LogP contribution in [0.2, 0.25) is 0 Å². The van der Waals surface area contributed by atoms with Gasteiger partial charge >= 0.3 is 0 Å². The van der Waals surface area contributed by atoms with Crippen LogP contribution < -0.4 is 0 Å². The summed E-state index contributed by atoms with van der Waals surface area (Å²) in [5.41, 5.74) is 2.46. The molecule has 1 unspecified atom stereocenters. The number of aliphatic hydroxyl groups is 1. The smallest absolute Gasteiger partial charge is 0.157 e. The Morgan fingerprint density at radius 3 is 2.53 bits per heavy atom. The molecule has 3 atom stereocenters. The molecule has 1 aliphatic heterocycles. The number of hydrogen-bond donors (Lipinski definition) is 1. The van der Waals surface area contributed by atoms with Gasteiger partial charge in [-0.15, -0.1) is 11.8 Å². The average Bonchev–Trinajstić information content (AvgIpc) is 2.85. The summed E-state index contributed by atoms with van der Waals surface area (Å²) in [6.45, 7) is 1.52. The summed E-state index contributed by atoms with van der Waals surface area (Å²) in [7, 11) is 0. The quantitative estimate of drug-likeness (QED) is 0.273. The molecule has 4 heteroatoms. The van der Waals surface area contributed by atoms with Gasteiger partial charge in [-0.1, -0.05) is 85.0 Å². The minimum atomic E-state index is -0.379. The third-order valence-electron chi connectivity index (χ3n) is 5.50. The SMILES string of the molecule is O[C@@H](CCCCOC1CCCCO1)[C@@H](/C=C/C=C/c1ccccc1)SCc1ccccc1. The van der Waals surface area contributed by atoms with Gasteiger partial charge in [0.05, 0.1) is 6.10 Å². The largest absolute Gasteiger partial charge is 0.392 e. The second-order valence-electron chi connectivity index (χ2n) is 8.15. The number of benzene rings is 2. The minimum Gasteiger partial charge on any atom is -0.392 e. The highest BCUT2D eigenvalue weighted by Gasteiger charge is 2.17. The van der Waals surface area contributed by atoms with Crippen molar-refractivity contribution >= 4 is 17.8 Å². The lowest BCUT2D eigenvalue weighted by Crippen LogP contribution is -2.23. The van der Waals surface area contributed by atoms with Crippen LogP contribution in [0.5, 0.6) is 0 Å². The van der Waals surface area contributed by atoms with E-state index >= 15 is 0 Å². The molecule has 0 radical (unpaired) electrons. The summed E-state index contributed by atoms with van der Waals surface area (Å²) in [5, 5.41) is 10.9. The second-order valence-corrected chi connectivity index (χ2v) is 9.31. The number of allylic oxidation sites excluding steroid dienone is 2. The average molecular weight is 453 g/mol. The first-order valence-corrected chi connectivity index (χ1v) is 12.8. The highest BCUT2D eigenvalue weighted by Crippen LogP contribution is 2.24. The minimum absolute atomic E-state index is 0.0258. The molecule has 0 spiro atoms. The molecular weight excluding hydrogens is 416 g/mol. The Labute approximate surface area is 197 Å². The Hall–Kier alpha value is -1.85. The lowest BCUT2D eigenvalue weighted by Gasteiger charge is -2.23. The molecule has 0 aromatic heterocycles. The molecule has 0 saturated carbocycles. The topological polar surface area (TPSA) is 38.7 Å². The van der Waals surface area contributed by atoms with Gasteiger partial charge in [-0.2, -0.15) is 0 Å². The summed E-state index contributed by atoms with van der Waals surface area (Å²) in [6, 6.07) is 20.7. The Morgan fingerprint density at radius 1 is 1.00 bits per heavy atom. The Balaban J connectivity index is 1.45. The van der Waals surface area contributed by atoms with Crippen LogP contribution >= 0.6 is 11.8 Å². The molecule has 1 N–H and O–H groups in total. The second kappa shape index (κ2) is 15.1. The van der Waals surface area contributed by atoms with Crippen molar-refractivity contribution in [1.29, 1.82) is 0 Å². The van der Waals surface area contributed by atoms with Crippen molar-refractivity contribution in [2.45, 2.75) is 61.9 Å². The van der Waals surface area contributed by atoms with Crippen molar-refractivity contribution in [1.82, 2.24) is 0 Å². The van der Waals surface area contributed by atoms with E-state index in [4.69, 9.17) is 9.47 Å². The predicted molar refractivity (Wildman–Crippen MR) is 136 cm³/mol. The van der Waals surface area contributed by atoms with E-state index in [1.165, 1.54) is 17.5 Å². The van der Waals surface area contributed by atoms with E-state index in [2.05, 4.69) is 60.7 Å². The number of unbranched alkanes of at least 4 members (excludes halogenated alkanes) is 1. The van der Waals surface area contributed by atoms with Gasteiger partial charge in [0.15, 0.2) is 6.29 Å². The van der Waals surface area contributed by atoms with E-state index in [1.807, 2.05) is 24.3 Å². The fourth-order valence-corrected chi connectivity index (χ4v) is 4.78. The molecular formula is C28H36O3S. The molecule has 3 rings (SSSR count). The molecule has 1 aliphatic rings. The normalized spacial score (nSPS) is 18.8. The van der Waals surface area contributed by atoms with Crippen molar-refractivity contribution < 1.29 is 14.6 Å². The van der Waals surface area contributed by atoms with Crippen LogP contribution in [-0.4, -0.2) is 36.0 Å². The van der Waals surface area contributed by atoms with Crippen molar-refractivity contribution in [3.05, 3.63) is 90.0 Å². The van der Waals surface area contributed by atoms with E-state index in [0.29, 0.717) is 6.61 Å². The van der Waals surface area contributed by atoms with Crippen molar-refractivity contribution in [2.24, 2.45) is 0 Å². The summed E-state index contributed by atoms with van der Waals surface area (Å²) < 4.78 is 11.4. The first kappa shape index (κ1) is 24.8. The Kier molecular flexibility index (Phi) is 11.7. The molecule has 3 nitrogen and oxygen atoms in total. The van der Waals surface area contributed by atoms with Gasteiger partial charge in [0, 0.05) is 24.2 Å². The standard InChI is InChI=1S/C28H36O3S/c29-26(18-9-11-21-30-28-20-10-12-22-31-28)27(32-23-25-16-5-2-6-17-25)19-8-7-15-24-13-3-1-4-14-24/h1-8,13-17,19,26-29H,9-12,18,20-23H2/b15-7+,19-8+/t26-,27+,28?/m0/s1. The fraction of sp³-hybridized carbons (Fsp3) is 0.429. The number of hydrogen-bond acceptors (Lipinski definition) is 4. The third-order valence-corrected chi connectivity index (χ3v) is 6.86.